The Labute approximate surface area is 129 Å². The van der Waals surface area contributed by atoms with Crippen molar-refractivity contribution in [1.82, 2.24) is 5.32 Å². The standard InChI is InChI=1S/C15H20ClNO4/c1-10(14(19)17-15(2,3)4)21-13(18)9-20-12-7-5-11(16)6-8-12/h5-8,10H,9H2,1-4H3,(H,17,19). The van der Waals surface area contributed by atoms with Gasteiger partial charge >= 0.3 is 5.97 Å². The normalized spacial score (nSPS) is 12.4. The monoisotopic (exact) mass is 313 g/mol. The lowest BCUT2D eigenvalue weighted by Gasteiger charge is -2.23. The number of halogens is 1. The van der Waals surface area contributed by atoms with Crippen molar-refractivity contribution < 1.29 is 19.1 Å². The molecule has 1 unspecified atom stereocenters. The van der Waals surface area contributed by atoms with Crippen LogP contribution in [0.2, 0.25) is 5.02 Å². The zero-order valence-electron chi connectivity index (χ0n) is 12.6. The Morgan fingerprint density at radius 3 is 2.33 bits per heavy atom. The van der Waals surface area contributed by atoms with E-state index in [1.807, 2.05) is 20.8 Å². The summed E-state index contributed by atoms with van der Waals surface area (Å²) in [7, 11) is 0. The van der Waals surface area contributed by atoms with E-state index in [9.17, 15) is 9.59 Å². The Kier molecular flexibility index (Phi) is 6.03. The van der Waals surface area contributed by atoms with Gasteiger partial charge in [-0.15, -0.1) is 0 Å². The predicted molar refractivity (Wildman–Crippen MR) is 80.4 cm³/mol. The first-order valence-electron chi connectivity index (χ1n) is 6.57. The summed E-state index contributed by atoms with van der Waals surface area (Å²) in [6.45, 7) is 6.80. The molecular weight excluding hydrogens is 294 g/mol. The minimum atomic E-state index is -0.870. The first kappa shape index (κ1) is 17.3. The molecular formula is C15H20ClNO4. The zero-order chi connectivity index (χ0) is 16.0. The smallest absolute Gasteiger partial charge is 0.344 e. The van der Waals surface area contributed by atoms with E-state index in [1.165, 1.54) is 6.92 Å². The summed E-state index contributed by atoms with van der Waals surface area (Å²) >= 11 is 5.74. The molecule has 0 fully saturated rings. The van der Waals surface area contributed by atoms with E-state index in [-0.39, 0.29) is 18.1 Å². The largest absolute Gasteiger partial charge is 0.482 e. The maximum atomic E-state index is 11.8. The number of hydrogen-bond donors (Lipinski definition) is 1. The van der Waals surface area contributed by atoms with Gasteiger partial charge in [0.1, 0.15) is 5.75 Å². The van der Waals surface area contributed by atoms with Crippen LogP contribution >= 0.6 is 11.6 Å². The van der Waals surface area contributed by atoms with E-state index in [4.69, 9.17) is 21.1 Å². The molecule has 0 saturated carbocycles. The summed E-state index contributed by atoms with van der Waals surface area (Å²) in [4.78, 5) is 23.4. The van der Waals surface area contributed by atoms with Gasteiger partial charge in [0.05, 0.1) is 0 Å². The van der Waals surface area contributed by atoms with Crippen LogP contribution in [0.1, 0.15) is 27.7 Å². The molecule has 5 nitrogen and oxygen atoms in total. The molecule has 116 valence electrons. The molecule has 1 aromatic carbocycles. The van der Waals surface area contributed by atoms with Gasteiger partial charge in [0.15, 0.2) is 12.7 Å². The molecule has 0 aromatic heterocycles. The molecule has 1 aromatic rings. The highest BCUT2D eigenvalue weighted by Crippen LogP contribution is 2.15. The fraction of sp³-hybridized carbons (Fsp3) is 0.467. The van der Waals surface area contributed by atoms with Crippen molar-refractivity contribution in [1.29, 1.82) is 0 Å². The molecule has 0 aliphatic rings. The third-order valence-electron chi connectivity index (χ3n) is 2.35. The highest BCUT2D eigenvalue weighted by molar-refractivity contribution is 6.30. The van der Waals surface area contributed by atoms with Crippen LogP contribution in [0.4, 0.5) is 0 Å². The molecule has 0 heterocycles. The molecule has 1 N–H and O–H groups in total. The Bertz CT molecular complexity index is 493. The van der Waals surface area contributed by atoms with Crippen LogP contribution in [-0.4, -0.2) is 30.1 Å². The number of carbonyl (C=O) groups excluding carboxylic acids is 2. The molecule has 0 aliphatic carbocycles. The Balaban J connectivity index is 2.39. The molecule has 21 heavy (non-hydrogen) atoms. The Hall–Kier alpha value is -1.75. The minimum absolute atomic E-state index is 0.269. The van der Waals surface area contributed by atoms with E-state index in [0.29, 0.717) is 10.8 Å². The van der Waals surface area contributed by atoms with Crippen LogP contribution in [0.25, 0.3) is 0 Å². The van der Waals surface area contributed by atoms with Crippen molar-refractivity contribution >= 4 is 23.5 Å². The highest BCUT2D eigenvalue weighted by atomic mass is 35.5. The van der Waals surface area contributed by atoms with E-state index in [1.54, 1.807) is 24.3 Å². The Morgan fingerprint density at radius 1 is 1.24 bits per heavy atom. The van der Waals surface area contributed by atoms with Crippen LogP contribution in [0.5, 0.6) is 5.75 Å². The topological polar surface area (TPSA) is 64.6 Å². The summed E-state index contributed by atoms with van der Waals surface area (Å²) in [6.07, 6.45) is -0.870. The summed E-state index contributed by atoms with van der Waals surface area (Å²) in [6, 6.07) is 6.60. The molecule has 0 saturated heterocycles. The summed E-state index contributed by atoms with van der Waals surface area (Å²) in [5.41, 5.74) is -0.377. The predicted octanol–water partition coefficient (Wildman–Crippen LogP) is 2.57. The fourth-order valence-electron chi connectivity index (χ4n) is 1.43. The average molecular weight is 314 g/mol. The molecule has 0 spiro atoms. The third-order valence-corrected chi connectivity index (χ3v) is 2.60. The fourth-order valence-corrected chi connectivity index (χ4v) is 1.56. The van der Waals surface area contributed by atoms with Crippen LogP contribution in [0, 0.1) is 0 Å². The van der Waals surface area contributed by atoms with Crippen molar-refractivity contribution in [3.63, 3.8) is 0 Å². The van der Waals surface area contributed by atoms with E-state index >= 15 is 0 Å². The van der Waals surface area contributed by atoms with Crippen LogP contribution in [0.3, 0.4) is 0 Å². The SMILES string of the molecule is CC(OC(=O)COc1ccc(Cl)cc1)C(=O)NC(C)(C)C. The molecule has 1 atom stereocenters. The molecule has 0 radical (unpaired) electrons. The van der Waals surface area contributed by atoms with E-state index < -0.39 is 12.1 Å². The minimum Gasteiger partial charge on any atom is -0.482 e. The van der Waals surface area contributed by atoms with Gasteiger partial charge in [0.25, 0.3) is 5.91 Å². The number of ether oxygens (including phenoxy) is 2. The molecule has 6 heteroatoms. The van der Waals surface area contributed by atoms with Crippen molar-refractivity contribution in [2.45, 2.75) is 39.3 Å². The van der Waals surface area contributed by atoms with Crippen LogP contribution < -0.4 is 10.1 Å². The van der Waals surface area contributed by atoms with Crippen molar-refractivity contribution in [2.24, 2.45) is 0 Å². The maximum absolute atomic E-state index is 11.8. The second-order valence-corrected chi connectivity index (χ2v) is 6.05. The van der Waals surface area contributed by atoms with Gasteiger partial charge in [-0.2, -0.15) is 0 Å². The number of amides is 1. The first-order chi connectivity index (χ1) is 9.67. The number of carbonyl (C=O) groups is 2. The second-order valence-electron chi connectivity index (χ2n) is 5.61. The van der Waals surface area contributed by atoms with E-state index in [2.05, 4.69) is 5.32 Å². The maximum Gasteiger partial charge on any atom is 0.344 e. The van der Waals surface area contributed by atoms with E-state index in [0.717, 1.165) is 0 Å². The zero-order valence-corrected chi connectivity index (χ0v) is 13.4. The van der Waals surface area contributed by atoms with Gasteiger partial charge in [-0.1, -0.05) is 11.6 Å². The second kappa shape index (κ2) is 7.31. The van der Waals surface area contributed by atoms with Gasteiger partial charge in [-0.3, -0.25) is 4.79 Å². The molecule has 0 bridgehead atoms. The Morgan fingerprint density at radius 2 is 1.81 bits per heavy atom. The quantitative estimate of drug-likeness (QED) is 0.849. The number of hydrogen-bond acceptors (Lipinski definition) is 4. The van der Waals surface area contributed by atoms with Crippen molar-refractivity contribution in [3.05, 3.63) is 29.3 Å². The lowest BCUT2D eigenvalue weighted by molar-refractivity contribution is -0.157. The lowest BCUT2D eigenvalue weighted by atomic mass is 10.1. The van der Waals surface area contributed by atoms with Crippen molar-refractivity contribution in [2.75, 3.05) is 6.61 Å². The number of rotatable bonds is 5. The molecule has 1 amide bonds. The number of esters is 1. The third kappa shape index (κ3) is 6.99. The number of benzene rings is 1. The lowest BCUT2D eigenvalue weighted by Crippen LogP contribution is -2.46. The summed E-state index contributed by atoms with van der Waals surface area (Å²) in [5.74, 6) is -0.452. The number of nitrogens with one attached hydrogen (secondary N) is 1. The van der Waals surface area contributed by atoms with Gasteiger partial charge in [0, 0.05) is 10.6 Å². The highest BCUT2D eigenvalue weighted by Gasteiger charge is 2.22. The van der Waals surface area contributed by atoms with Gasteiger partial charge in [-0.05, 0) is 52.0 Å². The molecule has 0 aliphatic heterocycles. The first-order valence-corrected chi connectivity index (χ1v) is 6.95. The molecule has 1 rings (SSSR count). The van der Waals surface area contributed by atoms with Gasteiger partial charge in [0.2, 0.25) is 0 Å². The summed E-state index contributed by atoms with van der Waals surface area (Å²) < 4.78 is 10.2. The van der Waals surface area contributed by atoms with Gasteiger partial charge < -0.3 is 14.8 Å². The summed E-state index contributed by atoms with van der Waals surface area (Å²) in [5, 5.41) is 3.31. The van der Waals surface area contributed by atoms with Crippen LogP contribution in [0.15, 0.2) is 24.3 Å². The average Bonchev–Trinajstić information content (AvgIpc) is 2.36. The van der Waals surface area contributed by atoms with Crippen molar-refractivity contribution in [3.8, 4) is 5.75 Å². The van der Waals surface area contributed by atoms with Crippen LogP contribution in [-0.2, 0) is 14.3 Å². The van der Waals surface area contributed by atoms with Gasteiger partial charge in [-0.25, -0.2) is 4.79 Å².